The summed E-state index contributed by atoms with van der Waals surface area (Å²) in [6.45, 7) is 10.9. The molecule has 2 aromatic heterocycles. The number of carbonyl (C=O) groups excluding carboxylic acids is 1. The number of carbonyl (C=O) groups is 1. The third-order valence-electron chi connectivity index (χ3n) is 5.64. The standard InChI is InChI=1S/C24H30F2N4O4S2/c1-14-13-29(10-11-30(14)21(31)34-22(2,3)4)20-28-17-15(19-27-9-12-35-19)7-8-16(18(17)36-20)33-24(25,26)23(5,6)32/h7-9,12,14,32H,10-11,13H2,1-6H3/t14-/m1/s1. The van der Waals surface area contributed by atoms with Crippen molar-refractivity contribution < 1.29 is 28.2 Å². The van der Waals surface area contributed by atoms with E-state index in [4.69, 9.17) is 14.5 Å². The number of piperazine rings is 1. The maximum atomic E-state index is 14.6. The van der Waals surface area contributed by atoms with E-state index in [1.54, 1.807) is 17.2 Å². The van der Waals surface area contributed by atoms with Crippen LogP contribution in [0.2, 0.25) is 0 Å². The average molecular weight is 541 g/mol. The van der Waals surface area contributed by atoms with Gasteiger partial charge in [0.15, 0.2) is 10.7 Å². The molecule has 12 heteroatoms. The first-order valence-electron chi connectivity index (χ1n) is 11.5. The van der Waals surface area contributed by atoms with E-state index in [1.165, 1.54) is 28.7 Å². The molecule has 0 spiro atoms. The quantitative estimate of drug-likeness (QED) is 0.450. The van der Waals surface area contributed by atoms with Gasteiger partial charge >= 0.3 is 12.2 Å². The number of hydrogen-bond donors (Lipinski definition) is 1. The van der Waals surface area contributed by atoms with Gasteiger partial charge < -0.3 is 24.4 Å². The van der Waals surface area contributed by atoms with Crippen LogP contribution in [0.4, 0.5) is 18.7 Å². The molecule has 0 radical (unpaired) electrons. The van der Waals surface area contributed by atoms with Gasteiger partial charge in [-0.05, 0) is 53.7 Å². The number of anilines is 1. The lowest BCUT2D eigenvalue weighted by Gasteiger charge is -2.40. The van der Waals surface area contributed by atoms with Crippen molar-refractivity contribution >= 4 is 44.1 Å². The molecule has 0 saturated carbocycles. The number of ether oxygens (including phenoxy) is 2. The third kappa shape index (κ3) is 5.40. The number of aliphatic hydroxyl groups is 1. The zero-order chi connectivity index (χ0) is 26.5. The van der Waals surface area contributed by atoms with E-state index < -0.39 is 17.3 Å². The first kappa shape index (κ1) is 26.5. The topological polar surface area (TPSA) is 88.0 Å². The summed E-state index contributed by atoms with van der Waals surface area (Å²) in [6.07, 6.45) is -2.52. The summed E-state index contributed by atoms with van der Waals surface area (Å²) in [6, 6.07) is 2.97. The number of benzene rings is 1. The van der Waals surface area contributed by atoms with Gasteiger partial charge in [0.05, 0.1) is 10.2 Å². The first-order valence-corrected chi connectivity index (χ1v) is 13.2. The lowest BCUT2D eigenvalue weighted by atomic mass is 10.1. The van der Waals surface area contributed by atoms with Gasteiger partial charge in [-0.2, -0.15) is 8.78 Å². The van der Waals surface area contributed by atoms with Crippen molar-refractivity contribution in [3.8, 4) is 16.3 Å². The van der Waals surface area contributed by atoms with E-state index in [0.717, 1.165) is 13.8 Å². The lowest BCUT2D eigenvalue weighted by Crippen LogP contribution is -2.55. The Morgan fingerprint density at radius 1 is 1.19 bits per heavy atom. The maximum Gasteiger partial charge on any atom is 0.426 e. The zero-order valence-corrected chi connectivity index (χ0v) is 22.7. The molecule has 0 unspecified atom stereocenters. The highest BCUT2D eigenvalue weighted by atomic mass is 32.1. The van der Waals surface area contributed by atoms with E-state index in [2.05, 4.69) is 4.98 Å². The highest BCUT2D eigenvalue weighted by Crippen LogP contribution is 2.44. The number of hydrogen-bond acceptors (Lipinski definition) is 9. The Balaban J connectivity index is 1.67. The molecule has 1 saturated heterocycles. The number of nitrogens with zero attached hydrogens (tertiary/aromatic N) is 4. The fraction of sp³-hybridized carbons (Fsp3) is 0.542. The Morgan fingerprint density at radius 2 is 1.92 bits per heavy atom. The van der Waals surface area contributed by atoms with Crippen LogP contribution in [0.25, 0.3) is 20.8 Å². The molecule has 1 fully saturated rings. The van der Waals surface area contributed by atoms with Gasteiger partial charge in [0.2, 0.25) is 0 Å². The molecular weight excluding hydrogens is 510 g/mol. The van der Waals surface area contributed by atoms with E-state index in [0.29, 0.717) is 45.6 Å². The number of amides is 1. The minimum absolute atomic E-state index is 0.0679. The monoisotopic (exact) mass is 540 g/mol. The van der Waals surface area contributed by atoms with Crippen LogP contribution in [0.15, 0.2) is 23.7 Å². The lowest BCUT2D eigenvalue weighted by molar-refractivity contribution is -0.275. The number of thiazole rings is 2. The second-order valence-electron chi connectivity index (χ2n) is 10.3. The van der Waals surface area contributed by atoms with Crippen LogP contribution in [0, 0.1) is 0 Å². The minimum atomic E-state index is -3.82. The van der Waals surface area contributed by atoms with E-state index >= 15 is 0 Å². The number of aromatic nitrogens is 2. The molecule has 3 heterocycles. The average Bonchev–Trinajstić information content (AvgIpc) is 3.42. The molecule has 0 aliphatic carbocycles. The molecule has 1 aliphatic heterocycles. The van der Waals surface area contributed by atoms with Crippen LogP contribution in [0.3, 0.4) is 0 Å². The van der Waals surface area contributed by atoms with Crippen molar-refractivity contribution in [2.24, 2.45) is 0 Å². The zero-order valence-electron chi connectivity index (χ0n) is 21.0. The van der Waals surface area contributed by atoms with Gasteiger partial charge in [0.25, 0.3) is 0 Å². The van der Waals surface area contributed by atoms with Crippen molar-refractivity contribution in [2.75, 3.05) is 24.5 Å². The number of alkyl halides is 2. The summed E-state index contributed by atoms with van der Waals surface area (Å²) in [7, 11) is 0. The van der Waals surface area contributed by atoms with Crippen molar-refractivity contribution in [1.29, 1.82) is 0 Å². The third-order valence-corrected chi connectivity index (χ3v) is 7.57. The molecule has 1 atom stereocenters. The summed E-state index contributed by atoms with van der Waals surface area (Å²) in [5.41, 5.74) is -1.76. The molecular formula is C24H30F2N4O4S2. The van der Waals surface area contributed by atoms with Crippen LogP contribution in [0.5, 0.6) is 5.75 Å². The van der Waals surface area contributed by atoms with Crippen LogP contribution in [0.1, 0.15) is 41.5 Å². The van der Waals surface area contributed by atoms with Crippen molar-refractivity contribution in [3.63, 3.8) is 0 Å². The Kier molecular flexibility index (Phi) is 6.91. The Labute approximate surface area is 216 Å². The maximum absolute atomic E-state index is 14.6. The fourth-order valence-corrected chi connectivity index (χ4v) is 5.44. The normalized spacial score (nSPS) is 17.5. The molecule has 36 heavy (non-hydrogen) atoms. The minimum Gasteiger partial charge on any atom is -0.444 e. The SMILES string of the molecule is C[C@@H]1CN(c2nc3c(-c4nccs4)ccc(OC(F)(F)C(C)(C)O)c3s2)CCN1C(=O)OC(C)(C)C. The van der Waals surface area contributed by atoms with Crippen molar-refractivity contribution in [2.45, 2.75) is 64.9 Å². The van der Waals surface area contributed by atoms with E-state index in [-0.39, 0.29) is 17.9 Å². The molecule has 8 nitrogen and oxygen atoms in total. The number of rotatable bonds is 5. The molecule has 1 aliphatic rings. The van der Waals surface area contributed by atoms with Crippen molar-refractivity contribution in [3.05, 3.63) is 23.7 Å². The highest BCUT2D eigenvalue weighted by Gasteiger charge is 2.49. The van der Waals surface area contributed by atoms with Crippen molar-refractivity contribution in [1.82, 2.24) is 14.9 Å². The number of halogens is 2. The second kappa shape index (κ2) is 9.38. The van der Waals surface area contributed by atoms with Crippen LogP contribution < -0.4 is 9.64 Å². The van der Waals surface area contributed by atoms with Gasteiger partial charge in [0.1, 0.15) is 16.4 Å². The predicted octanol–water partition coefficient (Wildman–Crippen LogP) is 5.61. The molecule has 1 N–H and O–H groups in total. The van der Waals surface area contributed by atoms with E-state index in [1.807, 2.05) is 38.0 Å². The van der Waals surface area contributed by atoms with Crippen LogP contribution in [-0.2, 0) is 4.74 Å². The van der Waals surface area contributed by atoms with Gasteiger partial charge in [0, 0.05) is 42.8 Å². The Hall–Kier alpha value is -2.57. The van der Waals surface area contributed by atoms with Crippen LogP contribution in [-0.4, -0.2) is 69.1 Å². The molecule has 1 amide bonds. The van der Waals surface area contributed by atoms with Gasteiger partial charge in [-0.15, -0.1) is 11.3 Å². The van der Waals surface area contributed by atoms with E-state index in [9.17, 15) is 18.7 Å². The summed E-state index contributed by atoms with van der Waals surface area (Å²) in [4.78, 5) is 25.5. The molecule has 3 aromatic rings. The summed E-state index contributed by atoms with van der Waals surface area (Å²) < 4.78 is 40.2. The van der Waals surface area contributed by atoms with Gasteiger partial charge in [-0.25, -0.2) is 14.8 Å². The fourth-order valence-electron chi connectivity index (χ4n) is 3.70. The Bertz CT molecular complexity index is 1240. The van der Waals surface area contributed by atoms with Gasteiger partial charge in [-0.3, -0.25) is 0 Å². The summed E-state index contributed by atoms with van der Waals surface area (Å²) in [5.74, 6) is -0.0679. The molecule has 0 bridgehead atoms. The predicted molar refractivity (Wildman–Crippen MR) is 137 cm³/mol. The van der Waals surface area contributed by atoms with Crippen LogP contribution >= 0.6 is 22.7 Å². The molecule has 1 aromatic carbocycles. The molecule has 196 valence electrons. The number of fused-ring (bicyclic) bond motifs is 1. The largest absolute Gasteiger partial charge is 0.444 e. The first-order chi connectivity index (χ1) is 16.7. The Morgan fingerprint density at radius 3 is 2.50 bits per heavy atom. The highest BCUT2D eigenvalue weighted by molar-refractivity contribution is 7.22. The molecule has 4 rings (SSSR count). The smallest absolute Gasteiger partial charge is 0.426 e. The summed E-state index contributed by atoms with van der Waals surface area (Å²) in [5, 5.41) is 13.1. The summed E-state index contributed by atoms with van der Waals surface area (Å²) >= 11 is 2.65. The van der Waals surface area contributed by atoms with Gasteiger partial charge in [-0.1, -0.05) is 11.3 Å². The second-order valence-corrected chi connectivity index (χ2v) is 12.1.